The number of esters is 1. The van der Waals surface area contributed by atoms with Gasteiger partial charge in [0, 0.05) is 11.2 Å². The minimum absolute atomic E-state index is 0.0613. The SMILES string of the molecule is CCC[C@@H](C(=O)OC)N1c2cc(C)ccc2[C@@H](C)CC1(C)C. The molecule has 0 aliphatic carbocycles. The molecule has 3 heteroatoms. The molecule has 0 N–H and O–H groups in total. The molecule has 0 bridgehead atoms. The maximum absolute atomic E-state index is 12.4. The number of nitrogens with zero attached hydrogens (tertiary/aromatic N) is 1. The highest BCUT2D eigenvalue weighted by Gasteiger charge is 2.42. The van der Waals surface area contributed by atoms with E-state index in [2.05, 4.69) is 57.7 Å². The van der Waals surface area contributed by atoms with Crippen molar-refractivity contribution >= 4 is 11.7 Å². The molecular formula is C19H29NO2. The predicted molar refractivity (Wildman–Crippen MR) is 91.5 cm³/mol. The zero-order valence-corrected chi connectivity index (χ0v) is 14.8. The van der Waals surface area contributed by atoms with E-state index in [0.717, 1.165) is 19.3 Å². The van der Waals surface area contributed by atoms with Gasteiger partial charge in [-0.2, -0.15) is 0 Å². The van der Waals surface area contributed by atoms with Crippen LogP contribution in [0, 0.1) is 6.92 Å². The van der Waals surface area contributed by atoms with Crippen LogP contribution in [0.3, 0.4) is 0 Å². The fraction of sp³-hybridized carbons (Fsp3) is 0.632. The second-order valence-electron chi connectivity index (χ2n) is 7.18. The summed E-state index contributed by atoms with van der Waals surface area (Å²) in [6.45, 7) is 11.0. The van der Waals surface area contributed by atoms with Crippen molar-refractivity contribution in [2.45, 2.75) is 71.4 Å². The maximum atomic E-state index is 12.4. The van der Waals surface area contributed by atoms with Gasteiger partial charge < -0.3 is 9.64 Å². The van der Waals surface area contributed by atoms with Crippen molar-refractivity contribution in [2.24, 2.45) is 0 Å². The summed E-state index contributed by atoms with van der Waals surface area (Å²) in [7, 11) is 1.49. The van der Waals surface area contributed by atoms with Gasteiger partial charge in [-0.05, 0) is 56.7 Å². The molecule has 0 spiro atoms. The summed E-state index contributed by atoms with van der Waals surface area (Å²) in [6.07, 6.45) is 2.82. The summed E-state index contributed by atoms with van der Waals surface area (Å²) in [5.41, 5.74) is 3.71. The highest BCUT2D eigenvalue weighted by atomic mass is 16.5. The summed E-state index contributed by atoms with van der Waals surface area (Å²) in [5, 5.41) is 0. The summed E-state index contributed by atoms with van der Waals surface area (Å²) in [4.78, 5) is 14.7. The van der Waals surface area contributed by atoms with Crippen LogP contribution in [0.2, 0.25) is 0 Å². The van der Waals surface area contributed by atoms with Crippen LogP contribution in [0.25, 0.3) is 0 Å². The van der Waals surface area contributed by atoms with Crippen molar-refractivity contribution in [1.29, 1.82) is 0 Å². The lowest BCUT2D eigenvalue weighted by Gasteiger charge is -2.50. The Labute approximate surface area is 134 Å². The molecule has 0 unspecified atom stereocenters. The third-order valence-electron chi connectivity index (χ3n) is 4.78. The fourth-order valence-corrected chi connectivity index (χ4v) is 3.91. The Morgan fingerprint density at radius 1 is 1.45 bits per heavy atom. The lowest BCUT2D eigenvalue weighted by atomic mass is 9.78. The first kappa shape index (κ1) is 16.9. The third-order valence-corrected chi connectivity index (χ3v) is 4.78. The molecule has 2 rings (SSSR count). The number of rotatable bonds is 4. The molecule has 1 aliphatic heterocycles. The van der Waals surface area contributed by atoms with Gasteiger partial charge in [0.05, 0.1) is 7.11 Å². The molecule has 0 amide bonds. The van der Waals surface area contributed by atoms with Crippen molar-refractivity contribution < 1.29 is 9.53 Å². The van der Waals surface area contributed by atoms with Crippen molar-refractivity contribution in [3.63, 3.8) is 0 Å². The molecule has 0 radical (unpaired) electrons. The first-order chi connectivity index (χ1) is 10.3. The number of carbonyl (C=O) groups is 1. The summed E-state index contributed by atoms with van der Waals surface area (Å²) < 4.78 is 5.10. The molecule has 3 nitrogen and oxygen atoms in total. The Balaban J connectivity index is 2.57. The lowest BCUT2D eigenvalue weighted by molar-refractivity contribution is -0.142. The molecule has 1 aromatic rings. The molecule has 2 atom stereocenters. The van der Waals surface area contributed by atoms with Crippen molar-refractivity contribution in [1.82, 2.24) is 0 Å². The molecule has 0 fully saturated rings. The fourth-order valence-electron chi connectivity index (χ4n) is 3.91. The van der Waals surface area contributed by atoms with Gasteiger partial charge in [-0.25, -0.2) is 4.79 Å². The minimum Gasteiger partial charge on any atom is -0.467 e. The van der Waals surface area contributed by atoms with Crippen LogP contribution in [0.15, 0.2) is 18.2 Å². The normalized spacial score (nSPS) is 21.2. The van der Waals surface area contributed by atoms with Gasteiger partial charge in [0.2, 0.25) is 0 Å². The molecule has 122 valence electrons. The van der Waals surface area contributed by atoms with Crippen molar-refractivity contribution in [3.05, 3.63) is 29.3 Å². The summed E-state index contributed by atoms with van der Waals surface area (Å²) in [6, 6.07) is 6.40. The Morgan fingerprint density at radius 3 is 2.73 bits per heavy atom. The van der Waals surface area contributed by atoms with E-state index in [-0.39, 0.29) is 17.6 Å². The Hall–Kier alpha value is -1.51. The lowest BCUT2D eigenvalue weighted by Crippen LogP contribution is -2.56. The number of hydrogen-bond donors (Lipinski definition) is 0. The maximum Gasteiger partial charge on any atom is 0.328 e. The van der Waals surface area contributed by atoms with Gasteiger partial charge in [-0.1, -0.05) is 32.4 Å². The number of ether oxygens (including phenoxy) is 1. The average molecular weight is 303 g/mol. The topological polar surface area (TPSA) is 29.5 Å². The molecule has 1 aromatic carbocycles. The van der Waals surface area contributed by atoms with Crippen LogP contribution in [0.1, 0.15) is 64.0 Å². The van der Waals surface area contributed by atoms with Gasteiger partial charge in [0.1, 0.15) is 6.04 Å². The van der Waals surface area contributed by atoms with Crippen LogP contribution < -0.4 is 4.90 Å². The van der Waals surface area contributed by atoms with Gasteiger partial charge in [-0.3, -0.25) is 0 Å². The number of benzene rings is 1. The molecule has 0 aromatic heterocycles. The molecular weight excluding hydrogens is 274 g/mol. The van der Waals surface area contributed by atoms with Crippen molar-refractivity contribution in [3.8, 4) is 0 Å². The minimum atomic E-state index is -0.210. The zero-order chi connectivity index (χ0) is 16.5. The van der Waals surface area contributed by atoms with E-state index in [9.17, 15) is 4.79 Å². The number of hydrogen-bond acceptors (Lipinski definition) is 3. The smallest absolute Gasteiger partial charge is 0.328 e. The first-order valence-electron chi connectivity index (χ1n) is 8.29. The van der Waals surface area contributed by atoms with E-state index < -0.39 is 0 Å². The molecule has 0 saturated heterocycles. The van der Waals surface area contributed by atoms with Gasteiger partial charge in [0.15, 0.2) is 0 Å². The van der Waals surface area contributed by atoms with Crippen LogP contribution in [-0.4, -0.2) is 24.7 Å². The quantitative estimate of drug-likeness (QED) is 0.771. The summed E-state index contributed by atoms with van der Waals surface area (Å²) in [5.74, 6) is 0.374. The zero-order valence-electron chi connectivity index (χ0n) is 14.8. The first-order valence-corrected chi connectivity index (χ1v) is 8.29. The van der Waals surface area contributed by atoms with E-state index >= 15 is 0 Å². The molecule has 1 aliphatic rings. The number of methoxy groups -OCH3 is 1. The Bertz CT molecular complexity index is 550. The van der Waals surface area contributed by atoms with Crippen LogP contribution >= 0.6 is 0 Å². The number of anilines is 1. The van der Waals surface area contributed by atoms with E-state index in [1.165, 1.54) is 23.9 Å². The Morgan fingerprint density at radius 2 is 2.14 bits per heavy atom. The van der Waals surface area contributed by atoms with Crippen LogP contribution in [-0.2, 0) is 9.53 Å². The van der Waals surface area contributed by atoms with Crippen LogP contribution in [0.4, 0.5) is 5.69 Å². The Kier molecular flexibility index (Phi) is 4.84. The van der Waals surface area contributed by atoms with E-state index in [1.54, 1.807) is 0 Å². The predicted octanol–water partition coefficient (Wildman–Crippen LogP) is 4.43. The monoisotopic (exact) mass is 303 g/mol. The molecule has 0 saturated carbocycles. The van der Waals surface area contributed by atoms with Crippen molar-refractivity contribution in [2.75, 3.05) is 12.0 Å². The number of fused-ring (bicyclic) bond motifs is 1. The third kappa shape index (κ3) is 2.99. The van der Waals surface area contributed by atoms with Gasteiger partial charge in [0.25, 0.3) is 0 Å². The standard InChI is InChI=1S/C19H29NO2/c1-7-8-16(18(21)22-6)20-17-11-13(2)9-10-15(17)14(3)12-19(20,4)5/h9-11,14,16H,7-8,12H2,1-6H3/t14-,16-/m0/s1. The highest BCUT2D eigenvalue weighted by Crippen LogP contribution is 2.45. The largest absolute Gasteiger partial charge is 0.467 e. The summed E-state index contributed by atoms with van der Waals surface area (Å²) >= 11 is 0. The number of carbonyl (C=O) groups excluding carboxylic acids is 1. The molecule has 1 heterocycles. The van der Waals surface area contributed by atoms with E-state index in [0.29, 0.717) is 5.92 Å². The van der Waals surface area contributed by atoms with Gasteiger partial charge >= 0.3 is 5.97 Å². The molecule has 22 heavy (non-hydrogen) atoms. The average Bonchev–Trinajstić information content (AvgIpc) is 2.44. The van der Waals surface area contributed by atoms with Gasteiger partial charge in [-0.15, -0.1) is 0 Å². The highest BCUT2D eigenvalue weighted by molar-refractivity contribution is 5.81. The van der Waals surface area contributed by atoms with E-state index in [1.807, 2.05) is 0 Å². The number of aryl methyl sites for hydroxylation is 1. The van der Waals surface area contributed by atoms with E-state index in [4.69, 9.17) is 4.74 Å². The van der Waals surface area contributed by atoms with Crippen LogP contribution in [0.5, 0.6) is 0 Å². The second kappa shape index (κ2) is 6.31. The second-order valence-corrected chi connectivity index (χ2v) is 7.18.